The SMILES string of the molecule is C[C@@H]1CCC[C@@H](O[Si](C)(C)C)C1. The molecule has 0 aromatic rings. The van der Waals surface area contributed by atoms with Crippen molar-refractivity contribution in [3.05, 3.63) is 0 Å². The lowest BCUT2D eigenvalue weighted by Crippen LogP contribution is -2.34. The van der Waals surface area contributed by atoms with Gasteiger partial charge in [-0.2, -0.15) is 0 Å². The summed E-state index contributed by atoms with van der Waals surface area (Å²) in [5, 5.41) is 0. The Morgan fingerprint density at radius 3 is 2.33 bits per heavy atom. The lowest BCUT2D eigenvalue weighted by atomic mass is 9.89. The Morgan fingerprint density at radius 2 is 1.83 bits per heavy atom. The molecule has 0 N–H and O–H groups in total. The second kappa shape index (κ2) is 3.92. The molecular weight excluding hydrogens is 164 g/mol. The van der Waals surface area contributed by atoms with Crippen molar-refractivity contribution in [1.29, 1.82) is 0 Å². The van der Waals surface area contributed by atoms with Gasteiger partial charge < -0.3 is 4.43 Å². The van der Waals surface area contributed by atoms with Crippen LogP contribution in [0, 0.1) is 5.92 Å². The maximum Gasteiger partial charge on any atom is 0.184 e. The largest absolute Gasteiger partial charge is 0.415 e. The van der Waals surface area contributed by atoms with Crippen LogP contribution in [0.1, 0.15) is 32.6 Å². The van der Waals surface area contributed by atoms with E-state index in [9.17, 15) is 0 Å². The van der Waals surface area contributed by atoms with Crippen molar-refractivity contribution in [2.24, 2.45) is 5.92 Å². The molecule has 1 aliphatic rings. The van der Waals surface area contributed by atoms with Gasteiger partial charge in [0.2, 0.25) is 0 Å². The summed E-state index contributed by atoms with van der Waals surface area (Å²) in [6.07, 6.45) is 5.96. The topological polar surface area (TPSA) is 9.23 Å². The first kappa shape index (κ1) is 10.3. The Balaban J connectivity index is 2.32. The fourth-order valence-corrected chi connectivity index (χ4v) is 3.20. The van der Waals surface area contributed by atoms with E-state index in [2.05, 4.69) is 26.6 Å². The van der Waals surface area contributed by atoms with Crippen LogP contribution in [0.2, 0.25) is 19.6 Å². The summed E-state index contributed by atoms with van der Waals surface area (Å²) in [5.41, 5.74) is 0. The zero-order chi connectivity index (χ0) is 9.19. The van der Waals surface area contributed by atoms with Gasteiger partial charge in [0.25, 0.3) is 0 Å². The van der Waals surface area contributed by atoms with E-state index in [1.165, 1.54) is 25.7 Å². The van der Waals surface area contributed by atoms with Crippen LogP contribution < -0.4 is 0 Å². The maximum atomic E-state index is 6.09. The van der Waals surface area contributed by atoms with E-state index in [1.807, 2.05) is 0 Å². The predicted octanol–water partition coefficient (Wildman–Crippen LogP) is 3.42. The number of hydrogen-bond acceptors (Lipinski definition) is 1. The Hall–Kier alpha value is 0.177. The third-order valence-corrected chi connectivity index (χ3v) is 3.45. The predicted molar refractivity (Wildman–Crippen MR) is 55.9 cm³/mol. The van der Waals surface area contributed by atoms with Gasteiger partial charge in [-0.15, -0.1) is 0 Å². The van der Waals surface area contributed by atoms with Crippen LogP contribution in [0.3, 0.4) is 0 Å². The fraction of sp³-hybridized carbons (Fsp3) is 1.00. The molecule has 0 aliphatic heterocycles. The van der Waals surface area contributed by atoms with Crippen LogP contribution in [-0.2, 0) is 4.43 Å². The normalized spacial score (nSPS) is 32.0. The van der Waals surface area contributed by atoms with Crippen LogP contribution in [0.4, 0.5) is 0 Å². The summed E-state index contributed by atoms with van der Waals surface area (Å²) in [6, 6.07) is 0. The van der Waals surface area contributed by atoms with E-state index < -0.39 is 8.32 Å². The van der Waals surface area contributed by atoms with Gasteiger partial charge in [0.05, 0.1) is 0 Å². The lowest BCUT2D eigenvalue weighted by Gasteiger charge is -2.32. The Bertz CT molecular complexity index is 139. The summed E-state index contributed by atoms with van der Waals surface area (Å²) in [6.45, 7) is 9.20. The minimum Gasteiger partial charge on any atom is -0.415 e. The highest BCUT2D eigenvalue weighted by Crippen LogP contribution is 2.27. The van der Waals surface area contributed by atoms with Crippen LogP contribution in [0.25, 0.3) is 0 Å². The molecule has 0 aromatic heterocycles. The highest BCUT2D eigenvalue weighted by Gasteiger charge is 2.25. The quantitative estimate of drug-likeness (QED) is 0.600. The molecule has 0 unspecified atom stereocenters. The first-order valence-electron chi connectivity index (χ1n) is 5.15. The molecule has 0 aromatic carbocycles. The van der Waals surface area contributed by atoms with Crippen molar-refractivity contribution in [3.63, 3.8) is 0 Å². The second-order valence-corrected chi connectivity index (χ2v) is 9.58. The average Bonchev–Trinajstić information content (AvgIpc) is 1.82. The average molecular weight is 186 g/mol. The number of rotatable bonds is 2. The highest BCUT2D eigenvalue weighted by molar-refractivity contribution is 6.69. The van der Waals surface area contributed by atoms with Crippen LogP contribution in [-0.4, -0.2) is 14.4 Å². The molecule has 1 aliphatic carbocycles. The summed E-state index contributed by atoms with van der Waals surface area (Å²) < 4.78 is 6.09. The molecule has 0 amide bonds. The molecule has 2 heteroatoms. The Labute approximate surface area is 77.6 Å². The molecule has 0 bridgehead atoms. The smallest absolute Gasteiger partial charge is 0.184 e. The minimum absolute atomic E-state index is 0.584. The van der Waals surface area contributed by atoms with E-state index in [1.54, 1.807) is 0 Å². The van der Waals surface area contributed by atoms with E-state index >= 15 is 0 Å². The van der Waals surface area contributed by atoms with Gasteiger partial charge in [-0.05, 0) is 38.4 Å². The molecular formula is C10H22OSi. The summed E-state index contributed by atoms with van der Waals surface area (Å²) in [5.74, 6) is 0.889. The van der Waals surface area contributed by atoms with Gasteiger partial charge in [0, 0.05) is 6.10 Å². The molecule has 0 saturated heterocycles. The standard InChI is InChI=1S/C10H22OSi/c1-9-6-5-7-10(8-9)11-12(2,3)4/h9-10H,5-8H2,1-4H3/t9-,10-/m1/s1. The summed E-state index contributed by atoms with van der Waals surface area (Å²) >= 11 is 0. The molecule has 0 spiro atoms. The molecule has 0 heterocycles. The third-order valence-electron chi connectivity index (χ3n) is 2.41. The molecule has 2 atom stereocenters. The zero-order valence-corrected chi connectivity index (χ0v) is 9.89. The van der Waals surface area contributed by atoms with Crippen molar-refractivity contribution < 1.29 is 4.43 Å². The highest BCUT2D eigenvalue weighted by atomic mass is 28.4. The zero-order valence-electron chi connectivity index (χ0n) is 8.89. The monoisotopic (exact) mass is 186 g/mol. The Morgan fingerprint density at radius 1 is 1.17 bits per heavy atom. The van der Waals surface area contributed by atoms with Gasteiger partial charge in [-0.1, -0.05) is 19.8 Å². The third kappa shape index (κ3) is 3.72. The van der Waals surface area contributed by atoms with Crippen molar-refractivity contribution in [3.8, 4) is 0 Å². The molecule has 1 saturated carbocycles. The van der Waals surface area contributed by atoms with E-state index in [0.29, 0.717) is 6.10 Å². The number of hydrogen-bond donors (Lipinski definition) is 0. The van der Waals surface area contributed by atoms with Crippen LogP contribution in [0.15, 0.2) is 0 Å². The van der Waals surface area contributed by atoms with Gasteiger partial charge in [0.1, 0.15) is 0 Å². The van der Waals surface area contributed by atoms with E-state index in [-0.39, 0.29) is 0 Å². The van der Waals surface area contributed by atoms with Crippen molar-refractivity contribution in [1.82, 2.24) is 0 Å². The molecule has 1 rings (SSSR count). The summed E-state index contributed by atoms with van der Waals surface area (Å²) in [7, 11) is -1.27. The minimum atomic E-state index is -1.27. The molecule has 1 nitrogen and oxygen atoms in total. The van der Waals surface area contributed by atoms with Gasteiger partial charge in [-0.3, -0.25) is 0 Å². The first-order chi connectivity index (χ1) is 5.47. The van der Waals surface area contributed by atoms with Gasteiger partial charge >= 0.3 is 0 Å². The summed E-state index contributed by atoms with van der Waals surface area (Å²) in [4.78, 5) is 0. The van der Waals surface area contributed by atoms with Crippen molar-refractivity contribution in [2.45, 2.75) is 58.4 Å². The molecule has 1 fully saturated rings. The maximum absolute atomic E-state index is 6.09. The van der Waals surface area contributed by atoms with Crippen molar-refractivity contribution >= 4 is 8.32 Å². The van der Waals surface area contributed by atoms with Gasteiger partial charge in [-0.25, -0.2) is 0 Å². The van der Waals surface area contributed by atoms with Crippen molar-refractivity contribution in [2.75, 3.05) is 0 Å². The van der Waals surface area contributed by atoms with Crippen LogP contribution >= 0.6 is 0 Å². The molecule has 0 radical (unpaired) electrons. The van der Waals surface area contributed by atoms with Crippen LogP contribution in [0.5, 0.6) is 0 Å². The Kier molecular flexibility index (Phi) is 3.35. The lowest BCUT2D eigenvalue weighted by molar-refractivity contribution is 0.123. The van der Waals surface area contributed by atoms with E-state index in [0.717, 1.165) is 5.92 Å². The second-order valence-electron chi connectivity index (χ2n) is 5.12. The fourth-order valence-electron chi connectivity index (χ4n) is 1.99. The molecule has 12 heavy (non-hydrogen) atoms. The molecule has 72 valence electrons. The van der Waals surface area contributed by atoms with Gasteiger partial charge in [0.15, 0.2) is 8.32 Å². The van der Waals surface area contributed by atoms with E-state index in [4.69, 9.17) is 4.43 Å². The first-order valence-corrected chi connectivity index (χ1v) is 8.56.